The zero-order chi connectivity index (χ0) is 17.9. The fraction of sp³-hybridized carbons (Fsp3) is 0.143. The first kappa shape index (κ1) is 16.5. The predicted molar refractivity (Wildman–Crippen MR) is 106 cm³/mol. The van der Waals surface area contributed by atoms with Crippen molar-refractivity contribution in [2.45, 2.75) is 12.8 Å². The van der Waals surface area contributed by atoms with Crippen LogP contribution in [0.1, 0.15) is 28.1 Å². The van der Waals surface area contributed by atoms with Crippen molar-refractivity contribution in [3.63, 3.8) is 0 Å². The Balaban J connectivity index is 1.62. The van der Waals surface area contributed by atoms with E-state index >= 15 is 0 Å². The molecule has 0 radical (unpaired) electrons. The van der Waals surface area contributed by atoms with E-state index in [0.29, 0.717) is 11.4 Å². The Hall–Kier alpha value is -2.92. The summed E-state index contributed by atoms with van der Waals surface area (Å²) >= 11 is 1.43. The first-order valence-electron chi connectivity index (χ1n) is 8.58. The van der Waals surface area contributed by atoms with E-state index in [1.54, 1.807) is 6.20 Å². The fourth-order valence-electron chi connectivity index (χ4n) is 3.04. The van der Waals surface area contributed by atoms with E-state index in [9.17, 15) is 4.79 Å². The van der Waals surface area contributed by atoms with Crippen molar-refractivity contribution in [3.8, 4) is 5.69 Å². The molecule has 1 aromatic carbocycles. The number of pyridine rings is 1. The quantitative estimate of drug-likeness (QED) is 0.564. The summed E-state index contributed by atoms with van der Waals surface area (Å²) in [5, 5.41) is 4.09. The maximum atomic E-state index is 12.9. The number of hydrogen-bond acceptors (Lipinski definition) is 3. The van der Waals surface area contributed by atoms with Gasteiger partial charge in [-0.3, -0.25) is 4.79 Å². The summed E-state index contributed by atoms with van der Waals surface area (Å²) in [4.78, 5) is 18.9. The minimum absolute atomic E-state index is 0.0560. The van der Waals surface area contributed by atoms with Crippen LogP contribution in [0.4, 0.5) is 0 Å². The van der Waals surface area contributed by atoms with Gasteiger partial charge in [0.05, 0.1) is 5.69 Å². The summed E-state index contributed by atoms with van der Waals surface area (Å²) in [6.45, 7) is 2.71. The Bertz CT molecular complexity index is 1020. The summed E-state index contributed by atoms with van der Waals surface area (Å²) in [7, 11) is 0. The Morgan fingerprint density at radius 1 is 1.12 bits per heavy atom. The molecule has 0 aliphatic heterocycles. The van der Waals surface area contributed by atoms with Crippen LogP contribution in [0.3, 0.4) is 0 Å². The Kier molecular flexibility index (Phi) is 4.54. The lowest BCUT2D eigenvalue weighted by molar-refractivity contribution is 0.0956. The van der Waals surface area contributed by atoms with Crippen LogP contribution >= 0.6 is 11.3 Å². The topological polar surface area (TPSA) is 46.9 Å². The van der Waals surface area contributed by atoms with Gasteiger partial charge >= 0.3 is 0 Å². The minimum atomic E-state index is -0.0560. The van der Waals surface area contributed by atoms with Crippen LogP contribution in [0.25, 0.3) is 15.9 Å². The molecule has 0 saturated carbocycles. The van der Waals surface area contributed by atoms with Gasteiger partial charge in [-0.2, -0.15) is 0 Å². The van der Waals surface area contributed by atoms with E-state index in [-0.39, 0.29) is 11.8 Å². The molecule has 0 unspecified atom stereocenters. The molecule has 4 aromatic rings. The van der Waals surface area contributed by atoms with Crippen LogP contribution < -0.4 is 5.32 Å². The largest absolute Gasteiger partial charge is 0.351 e. The standard InChI is InChI=1S/C21H19N3OS/c1-15(16-8-3-2-4-9-16)14-23-20(25)19-18(24-12-5-6-13-24)17-10-7-11-22-21(17)26-19/h2-13,15H,14H2,1H3,(H,23,25)/t15-/m0/s1. The normalized spacial score (nSPS) is 12.2. The molecule has 4 rings (SSSR count). The van der Waals surface area contributed by atoms with Crippen molar-refractivity contribution in [2.75, 3.05) is 6.54 Å². The third-order valence-electron chi connectivity index (χ3n) is 4.45. The first-order chi connectivity index (χ1) is 12.7. The van der Waals surface area contributed by atoms with Crippen molar-refractivity contribution in [3.05, 3.63) is 83.6 Å². The van der Waals surface area contributed by atoms with Gasteiger partial charge in [0.1, 0.15) is 9.71 Å². The van der Waals surface area contributed by atoms with Crippen LogP contribution in [0.15, 0.2) is 73.2 Å². The third-order valence-corrected chi connectivity index (χ3v) is 5.55. The summed E-state index contributed by atoms with van der Waals surface area (Å²) in [6.07, 6.45) is 5.67. The molecule has 3 heterocycles. The highest BCUT2D eigenvalue weighted by molar-refractivity contribution is 7.21. The van der Waals surface area contributed by atoms with Crippen LogP contribution in [0.5, 0.6) is 0 Å². The van der Waals surface area contributed by atoms with Gasteiger partial charge in [-0.25, -0.2) is 4.98 Å². The zero-order valence-electron chi connectivity index (χ0n) is 14.4. The monoisotopic (exact) mass is 361 g/mol. The minimum Gasteiger partial charge on any atom is -0.351 e. The number of amides is 1. The molecule has 0 aliphatic carbocycles. The number of thiophene rings is 1. The van der Waals surface area contributed by atoms with E-state index in [1.807, 2.05) is 59.4 Å². The molecule has 130 valence electrons. The van der Waals surface area contributed by atoms with Gasteiger partial charge in [0, 0.05) is 30.5 Å². The summed E-state index contributed by atoms with van der Waals surface area (Å²) < 4.78 is 1.98. The molecule has 4 nitrogen and oxygen atoms in total. The van der Waals surface area contributed by atoms with Gasteiger partial charge in [-0.05, 0) is 35.7 Å². The van der Waals surface area contributed by atoms with Gasteiger partial charge in [0.15, 0.2) is 0 Å². The highest BCUT2D eigenvalue weighted by Crippen LogP contribution is 2.33. The average Bonchev–Trinajstić information content (AvgIpc) is 3.33. The third kappa shape index (κ3) is 3.13. The maximum Gasteiger partial charge on any atom is 0.263 e. The lowest BCUT2D eigenvalue weighted by Gasteiger charge is -2.13. The second-order valence-electron chi connectivity index (χ2n) is 6.25. The molecule has 3 aromatic heterocycles. The Morgan fingerprint density at radius 3 is 2.65 bits per heavy atom. The fourth-order valence-corrected chi connectivity index (χ4v) is 4.10. The number of carbonyl (C=O) groups excluding carboxylic acids is 1. The van der Waals surface area contributed by atoms with Crippen LogP contribution in [-0.4, -0.2) is 22.0 Å². The molecule has 0 bridgehead atoms. The molecule has 0 aliphatic rings. The van der Waals surface area contributed by atoms with E-state index in [1.165, 1.54) is 16.9 Å². The van der Waals surface area contributed by atoms with Crippen LogP contribution in [-0.2, 0) is 0 Å². The van der Waals surface area contributed by atoms with E-state index in [2.05, 4.69) is 29.4 Å². The number of benzene rings is 1. The molecule has 0 fully saturated rings. The highest BCUT2D eigenvalue weighted by atomic mass is 32.1. The number of aromatic nitrogens is 2. The molecule has 1 amide bonds. The molecule has 5 heteroatoms. The SMILES string of the molecule is C[C@@H](CNC(=O)c1sc2ncccc2c1-n1cccc1)c1ccccc1. The lowest BCUT2D eigenvalue weighted by Crippen LogP contribution is -2.27. The van der Waals surface area contributed by atoms with Gasteiger partial charge in [-0.15, -0.1) is 11.3 Å². The second-order valence-corrected chi connectivity index (χ2v) is 7.25. The van der Waals surface area contributed by atoms with Crippen LogP contribution in [0.2, 0.25) is 0 Å². The summed E-state index contributed by atoms with van der Waals surface area (Å²) in [6, 6.07) is 18.1. The smallest absolute Gasteiger partial charge is 0.263 e. The van der Waals surface area contributed by atoms with Crippen molar-refractivity contribution < 1.29 is 4.79 Å². The second kappa shape index (κ2) is 7.14. The van der Waals surface area contributed by atoms with Crippen molar-refractivity contribution in [2.24, 2.45) is 0 Å². The van der Waals surface area contributed by atoms with Gasteiger partial charge in [-0.1, -0.05) is 37.3 Å². The van der Waals surface area contributed by atoms with E-state index in [4.69, 9.17) is 0 Å². The molecule has 1 atom stereocenters. The molecule has 0 spiro atoms. The lowest BCUT2D eigenvalue weighted by atomic mass is 10.0. The number of carbonyl (C=O) groups is 1. The number of rotatable bonds is 5. The first-order valence-corrected chi connectivity index (χ1v) is 9.39. The van der Waals surface area contributed by atoms with Gasteiger partial charge in [0.25, 0.3) is 5.91 Å². The summed E-state index contributed by atoms with van der Waals surface area (Å²) in [5.41, 5.74) is 2.12. The predicted octanol–water partition coefficient (Wildman–Crippen LogP) is 4.62. The molecular formula is C21H19N3OS. The van der Waals surface area contributed by atoms with Crippen LogP contribution in [0, 0.1) is 0 Å². The zero-order valence-corrected chi connectivity index (χ0v) is 15.2. The molecule has 0 saturated heterocycles. The number of hydrogen-bond donors (Lipinski definition) is 1. The number of fused-ring (bicyclic) bond motifs is 1. The average molecular weight is 361 g/mol. The van der Waals surface area contributed by atoms with E-state index in [0.717, 1.165) is 15.9 Å². The number of nitrogens with zero attached hydrogens (tertiary/aromatic N) is 2. The highest BCUT2D eigenvalue weighted by Gasteiger charge is 2.20. The molecular weight excluding hydrogens is 342 g/mol. The Labute approximate surface area is 156 Å². The van der Waals surface area contributed by atoms with Gasteiger partial charge in [0.2, 0.25) is 0 Å². The van der Waals surface area contributed by atoms with Gasteiger partial charge < -0.3 is 9.88 Å². The van der Waals surface area contributed by atoms with E-state index < -0.39 is 0 Å². The molecule has 1 N–H and O–H groups in total. The summed E-state index contributed by atoms with van der Waals surface area (Å²) in [5.74, 6) is 0.196. The van der Waals surface area contributed by atoms with Crippen molar-refractivity contribution in [1.82, 2.24) is 14.9 Å². The van der Waals surface area contributed by atoms with Crippen molar-refractivity contribution >= 4 is 27.5 Å². The molecule has 26 heavy (non-hydrogen) atoms. The van der Waals surface area contributed by atoms with Crippen molar-refractivity contribution in [1.29, 1.82) is 0 Å². The maximum absolute atomic E-state index is 12.9. The Morgan fingerprint density at radius 2 is 1.88 bits per heavy atom. The number of nitrogens with one attached hydrogen (secondary N) is 1.